The minimum absolute atomic E-state index is 0.258. The van der Waals surface area contributed by atoms with Crippen molar-refractivity contribution in [3.8, 4) is 0 Å². The number of carbonyl (C=O) groups is 2. The SMILES string of the molecule is O=C(Nc1ccc(N2CCC(Cc3ccccc3)CC2)c(C(=O)NCc2ccc(F)cc2)c1)c1ccccc1Cl. The number of anilines is 2. The summed E-state index contributed by atoms with van der Waals surface area (Å²) in [4.78, 5) is 28.6. The third-order valence-corrected chi connectivity index (χ3v) is 7.64. The number of hydrogen-bond donors (Lipinski definition) is 2. The summed E-state index contributed by atoms with van der Waals surface area (Å²) in [7, 11) is 0. The Morgan fingerprint density at radius 1 is 0.800 bits per heavy atom. The predicted molar refractivity (Wildman–Crippen MR) is 159 cm³/mol. The van der Waals surface area contributed by atoms with Crippen LogP contribution in [-0.4, -0.2) is 24.9 Å². The summed E-state index contributed by atoms with van der Waals surface area (Å²) >= 11 is 6.21. The molecule has 5 nitrogen and oxygen atoms in total. The molecule has 0 unspecified atom stereocenters. The molecular weight excluding hydrogens is 525 g/mol. The molecule has 0 aromatic heterocycles. The number of carbonyl (C=O) groups excluding carboxylic acids is 2. The van der Waals surface area contributed by atoms with E-state index in [-0.39, 0.29) is 24.2 Å². The molecule has 0 bridgehead atoms. The number of benzene rings is 4. The molecule has 4 aromatic rings. The Morgan fingerprint density at radius 3 is 2.23 bits per heavy atom. The van der Waals surface area contributed by atoms with Gasteiger partial charge in [-0.1, -0.05) is 66.2 Å². The Morgan fingerprint density at radius 2 is 1.50 bits per heavy atom. The molecule has 4 aromatic carbocycles. The lowest BCUT2D eigenvalue weighted by Gasteiger charge is -2.35. The lowest BCUT2D eigenvalue weighted by molar-refractivity contribution is 0.0950. The van der Waals surface area contributed by atoms with Gasteiger partial charge < -0.3 is 15.5 Å². The van der Waals surface area contributed by atoms with Crippen LogP contribution in [0.1, 0.15) is 44.7 Å². The molecule has 1 heterocycles. The minimum Gasteiger partial charge on any atom is -0.371 e. The topological polar surface area (TPSA) is 61.4 Å². The highest BCUT2D eigenvalue weighted by Crippen LogP contribution is 2.30. The average Bonchev–Trinajstić information content (AvgIpc) is 2.98. The molecule has 204 valence electrons. The van der Waals surface area contributed by atoms with Crippen molar-refractivity contribution >= 4 is 34.8 Å². The second-order valence-corrected chi connectivity index (χ2v) is 10.5. The van der Waals surface area contributed by atoms with E-state index in [4.69, 9.17) is 11.6 Å². The molecule has 0 radical (unpaired) electrons. The van der Waals surface area contributed by atoms with Crippen LogP contribution in [0.2, 0.25) is 5.02 Å². The Hall–Kier alpha value is -4.16. The van der Waals surface area contributed by atoms with Crippen molar-refractivity contribution in [2.45, 2.75) is 25.8 Å². The number of hydrogen-bond acceptors (Lipinski definition) is 3. The van der Waals surface area contributed by atoms with E-state index in [2.05, 4.69) is 39.8 Å². The van der Waals surface area contributed by atoms with Gasteiger partial charge in [-0.15, -0.1) is 0 Å². The summed E-state index contributed by atoms with van der Waals surface area (Å²) in [6.45, 7) is 1.93. The smallest absolute Gasteiger partial charge is 0.257 e. The summed E-state index contributed by atoms with van der Waals surface area (Å²) in [6.07, 6.45) is 3.10. The van der Waals surface area contributed by atoms with Crippen LogP contribution < -0.4 is 15.5 Å². The Bertz CT molecular complexity index is 1470. The van der Waals surface area contributed by atoms with Crippen LogP contribution in [-0.2, 0) is 13.0 Å². The molecule has 1 fully saturated rings. The second-order valence-electron chi connectivity index (χ2n) is 10.1. The van der Waals surface area contributed by atoms with Gasteiger partial charge in [-0.05, 0) is 78.8 Å². The first kappa shape index (κ1) is 27.4. The van der Waals surface area contributed by atoms with E-state index in [0.717, 1.165) is 43.6 Å². The van der Waals surface area contributed by atoms with Gasteiger partial charge >= 0.3 is 0 Å². The van der Waals surface area contributed by atoms with E-state index in [1.165, 1.54) is 17.7 Å². The highest BCUT2D eigenvalue weighted by atomic mass is 35.5. The quantitative estimate of drug-likeness (QED) is 0.243. The first-order chi connectivity index (χ1) is 19.5. The van der Waals surface area contributed by atoms with Gasteiger partial charge in [-0.25, -0.2) is 4.39 Å². The zero-order valence-electron chi connectivity index (χ0n) is 22.1. The van der Waals surface area contributed by atoms with Crippen molar-refractivity contribution in [3.05, 3.63) is 130 Å². The lowest BCUT2D eigenvalue weighted by atomic mass is 9.89. The van der Waals surface area contributed by atoms with E-state index < -0.39 is 0 Å². The highest BCUT2D eigenvalue weighted by Gasteiger charge is 2.24. The number of piperidine rings is 1. The van der Waals surface area contributed by atoms with Crippen LogP contribution in [0.3, 0.4) is 0 Å². The van der Waals surface area contributed by atoms with Gasteiger partial charge in [-0.3, -0.25) is 9.59 Å². The fourth-order valence-electron chi connectivity index (χ4n) is 5.12. The Kier molecular flexibility index (Phi) is 8.77. The molecule has 2 amide bonds. The Balaban J connectivity index is 1.34. The van der Waals surface area contributed by atoms with Crippen LogP contribution in [0, 0.1) is 11.7 Å². The van der Waals surface area contributed by atoms with Crippen molar-refractivity contribution in [2.24, 2.45) is 5.92 Å². The minimum atomic E-state index is -0.349. The molecule has 2 N–H and O–H groups in total. The van der Waals surface area contributed by atoms with Gasteiger partial charge in [0.1, 0.15) is 5.82 Å². The van der Waals surface area contributed by atoms with Gasteiger partial charge in [0.25, 0.3) is 11.8 Å². The molecule has 1 aliphatic heterocycles. The molecule has 0 atom stereocenters. The zero-order valence-corrected chi connectivity index (χ0v) is 22.8. The lowest BCUT2D eigenvalue weighted by Crippen LogP contribution is -2.36. The Labute approximate surface area is 239 Å². The summed E-state index contributed by atoms with van der Waals surface area (Å²) in [5.74, 6) is -0.351. The predicted octanol–water partition coefficient (Wildman–Crippen LogP) is 7.12. The fourth-order valence-corrected chi connectivity index (χ4v) is 5.34. The molecular formula is C33H31ClFN3O2. The van der Waals surface area contributed by atoms with Crippen LogP contribution in [0.4, 0.5) is 15.8 Å². The molecule has 0 saturated carbocycles. The summed E-state index contributed by atoms with van der Waals surface area (Å²) in [6, 6.07) is 28.8. The van der Waals surface area contributed by atoms with Gasteiger partial charge in [0.05, 0.1) is 16.1 Å². The first-order valence-corrected chi connectivity index (χ1v) is 13.9. The van der Waals surface area contributed by atoms with E-state index in [0.29, 0.717) is 27.8 Å². The summed E-state index contributed by atoms with van der Waals surface area (Å²) in [5, 5.41) is 6.18. The van der Waals surface area contributed by atoms with Crippen LogP contribution >= 0.6 is 11.6 Å². The molecule has 5 rings (SSSR count). The second kappa shape index (κ2) is 12.8. The summed E-state index contributed by atoms with van der Waals surface area (Å²) in [5.41, 5.74) is 4.29. The molecule has 0 aliphatic carbocycles. The largest absolute Gasteiger partial charge is 0.371 e. The van der Waals surface area contributed by atoms with Crippen molar-refractivity contribution in [3.63, 3.8) is 0 Å². The molecule has 1 saturated heterocycles. The normalized spacial score (nSPS) is 13.6. The molecule has 0 spiro atoms. The van der Waals surface area contributed by atoms with E-state index in [1.807, 2.05) is 18.2 Å². The zero-order chi connectivity index (χ0) is 27.9. The maximum Gasteiger partial charge on any atom is 0.257 e. The number of halogens is 2. The maximum absolute atomic E-state index is 13.5. The van der Waals surface area contributed by atoms with Crippen molar-refractivity contribution in [1.82, 2.24) is 5.32 Å². The first-order valence-electron chi connectivity index (χ1n) is 13.5. The van der Waals surface area contributed by atoms with E-state index in [1.54, 1.807) is 42.5 Å². The van der Waals surface area contributed by atoms with Gasteiger partial charge in [0.15, 0.2) is 0 Å². The van der Waals surface area contributed by atoms with Crippen LogP contribution in [0.15, 0.2) is 97.1 Å². The summed E-state index contributed by atoms with van der Waals surface area (Å²) < 4.78 is 13.3. The van der Waals surface area contributed by atoms with E-state index in [9.17, 15) is 14.0 Å². The van der Waals surface area contributed by atoms with Gasteiger partial charge in [-0.2, -0.15) is 0 Å². The van der Waals surface area contributed by atoms with Gasteiger partial charge in [0.2, 0.25) is 0 Å². The van der Waals surface area contributed by atoms with Crippen molar-refractivity contribution < 1.29 is 14.0 Å². The third-order valence-electron chi connectivity index (χ3n) is 7.31. The standard InChI is InChI=1S/C33H31ClFN3O2/c34-30-9-5-4-8-28(30)33(40)37-27-14-15-31(29(21-27)32(39)36-22-25-10-12-26(35)13-11-25)38-18-16-24(17-19-38)20-23-6-2-1-3-7-23/h1-15,21,24H,16-20,22H2,(H,36,39)(H,37,40). The highest BCUT2D eigenvalue weighted by molar-refractivity contribution is 6.34. The fraction of sp³-hybridized carbons (Fsp3) is 0.212. The monoisotopic (exact) mass is 555 g/mol. The van der Waals surface area contributed by atoms with Crippen molar-refractivity contribution in [2.75, 3.05) is 23.3 Å². The molecule has 7 heteroatoms. The number of amides is 2. The molecule has 1 aliphatic rings. The number of rotatable bonds is 8. The number of nitrogens with one attached hydrogen (secondary N) is 2. The average molecular weight is 556 g/mol. The van der Waals surface area contributed by atoms with Gasteiger partial charge in [0, 0.05) is 31.0 Å². The number of nitrogens with zero attached hydrogens (tertiary/aromatic N) is 1. The third kappa shape index (κ3) is 6.88. The van der Waals surface area contributed by atoms with Crippen molar-refractivity contribution in [1.29, 1.82) is 0 Å². The van der Waals surface area contributed by atoms with Crippen LogP contribution in [0.5, 0.6) is 0 Å². The maximum atomic E-state index is 13.5. The van der Waals surface area contributed by atoms with E-state index >= 15 is 0 Å². The van der Waals surface area contributed by atoms with Crippen LogP contribution in [0.25, 0.3) is 0 Å². The molecule has 40 heavy (non-hydrogen) atoms.